The quantitative estimate of drug-likeness (QED) is 0.559. The summed E-state index contributed by atoms with van der Waals surface area (Å²) in [4.78, 5) is 14.7. The van der Waals surface area contributed by atoms with E-state index in [0.29, 0.717) is 35.8 Å². The lowest BCUT2D eigenvalue weighted by atomic mass is 10.1. The van der Waals surface area contributed by atoms with Gasteiger partial charge in [-0.25, -0.2) is 9.07 Å². The molecule has 2 aromatic carbocycles. The van der Waals surface area contributed by atoms with Crippen LogP contribution in [-0.2, 0) is 13.1 Å². The van der Waals surface area contributed by atoms with Crippen molar-refractivity contribution in [3.8, 4) is 11.5 Å². The minimum atomic E-state index is -0.312. The lowest BCUT2D eigenvalue weighted by molar-refractivity contribution is 0.0783. The number of hydrogen-bond acceptors (Lipinski definition) is 4. The molecule has 0 radical (unpaired) electrons. The Kier molecular flexibility index (Phi) is 6.62. The molecule has 8 heteroatoms. The smallest absolute Gasteiger partial charge is 0.258 e. The summed E-state index contributed by atoms with van der Waals surface area (Å²) in [7, 11) is 4.85. The van der Waals surface area contributed by atoms with Crippen molar-refractivity contribution in [1.82, 2.24) is 14.7 Å². The molecule has 0 aliphatic carbocycles. The molecule has 1 aromatic heterocycles. The van der Waals surface area contributed by atoms with Gasteiger partial charge in [-0.15, -0.1) is 0 Å². The van der Waals surface area contributed by atoms with Crippen molar-refractivity contribution in [2.24, 2.45) is 0 Å². The second-order valence-corrected chi connectivity index (χ2v) is 7.23. The van der Waals surface area contributed by atoms with Gasteiger partial charge in [0, 0.05) is 25.2 Å². The highest BCUT2D eigenvalue weighted by atomic mass is 35.5. The Morgan fingerprint density at radius 3 is 2.50 bits per heavy atom. The summed E-state index contributed by atoms with van der Waals surface area (Å²) in [6.45, 7) is 2.40. The molecule has 0 N–H and O–H groups in total. The fraction of sp³-hybridized carbons (Fsp3) is 0.273. The van der Waals surface area contributed by atoms with Gasteiger partial charge in [0.1, 0.15) is 22.5 Å². The largest absolute Gasteiger partial charge is 0.497 e. The molecule has 3 rings (SSSR count). The number of halogens is 2. The third-order valence-electron chi connectivity index (χ3n) is 4.77. The zero-order valence-corrected chi connectivity index (χ0v) is 18.0. The van der Waals surface area contributed by atoms with E-state index in [1.807, 2.05) is 12.1 Å². The van der Waals surface area contributed by atoms with Gasteiger partial charge in [-0.1, -0.05) is 23.7 Å². The van der Waals surface area contributed by atoms with Gasteiger partial charge in [0.2, 0.25) is 0 Å². The minimum Gasteiger partial charge on any atom is -0.497 e. The van der Waals surface area contributed by atoms with Crippen molar-refractivity contribution in [3.05, 3.63) is 75.8 Å². The van der Waals surface area contributed by atoms with Gasteiger partial charge >= 0.3 is 0 Å². The van der Waals surface area contributed by atoms with Crippen LogP contribution >= 0.6 is 11.6 Å². The molecule has 6 nitrogen and oxygen atoms in total. The van der Waals surface area contributed by atoms with Crippen LogP contribution in [0.15, 0.2) is 42.5 Å². The number of hydrogen-bond donors (Lipinski definition) is 0. The van der Waals surface area contributed by atoms with E-state index in [4.69, 9.17) is 21.1 Å². The van der Waals surface area contributed by atoms with Crippen LogP contribution in [0.1, 0.15) is 27.2 Å². The molecule has 1 heterocycles. The Hall–Kier alpha value is -3.06. The Morgan fingerprint density at radius 1 is 1.17 bits per heavy atom. The summed E-state index contributed by atoms with van der Waals surface area (Å²) in [5.74, 6) is 0.739. The molecule has 3 aromatic rings. The second kappa shape index (κ2) is 9.17. The van der Waals surface area contributed by atoms with Gasteiger partial charge in [-0.3, -0.25) is 4.79 Å². The number of benzene rings is 2. The first-order chi connectivity index (χ1) is 14.3. The number of ether oxygens (including phenoxy) is 2. The first-order valence-corrected chi connectivity index (χ1v) is 9.65. The molecule has 0 atom stereocenters. The molecular weight excluding hydrogens is 409 g/mol. The van der Waals surface area contributed by atoms with Crippen LogP contribution < -0.4 is 9.47 Å². The van der Waals surface area contributed by atoms with E-state index in [2.05, 4.69) is 5.10 Å². The zero-order valence-electron chi connectivity index (χ0n) is 17.3. The van der Waals surface area contributed by atoms with Crippen LogP contribution in [0.2, 0.25) is 5.15 Å². The summed E-state index contributed by atoms with van der Waals surface area (Å²) < 4.78 is 25.3. The Morgan fingerprint density at radius 2 is 1.87 bits per heavy atom. The Balaban J connectivity index is 1.81. The standard InChI is InChI=1S/C22H23ClFN3O3/c1-14-20(21(23)27(25-14)12-15-5-8-17(24)9-6-15)22(28)26(2)13-16-7-10-18(29-3)11-19(16)30-4/h5-11H,12-13H2,1-4H3. The number of aromatic nitrogens is 2. The number of nitrogens with zero attached hydrogens (tertiary/aromatic N) is 3. The fourth-order valence-corrected chi connectivity index (χ4v) is 3.48. The summed E-state index contributed by atoms with van der Waals surface area (Å²) in [5, 5.41) is 4.64. The Bertz CT molecular complexity index is 1050. The zero-order chi connectivity index (χ0) is 21.8. The normalized spacial score (nSPS) is 10.7. The average Bonchev–Trinajstić information content (AvgIpc) is 3.02. The maximum atomic E-state index is 13.1. The van der Waals surface area contributed by atoms with Crippen molar-refractivity contribution >= 4 is 17.5 Å². The third kappa shape index (κ3) is 4.57. The Labute approximate surface area is 179 Å². The predicted octanol–water partition coefficient (Wildman–Crippen LogP) is 4.32. The van der Waals surface area contributed by atoms with E-state index in [9.17, 15) is 9.18 Å². The van der Waals surface area contributed by atoms with Crippen molar-refractivity contribution in [3.63, 3.8) is 0 Å². The molecular formula is C22H23ClFN3O3. The van der Waals surface area contributed by atoms with Gasteiger partial charge in [0.15, 0.2) is 0 Å². The fourth-order valence-electron chi connectivity index (χ4n) is 3.16. The lowest BCUT2D eigenvalue weighted by Crippen LogP contribution is -2.27. The summed E-state index contributed by atoms with van der Waals surface area (Å²) in [6, 6.07) is 11.5. The molecule has 0 bridgehead atoms. The molecule has 0 unspecified atom stereocenters. The minimum absolute atomic E-state index is 0.246. The number of aryl methyl sites for hydroxylation is 1. The molecule has 0 aliphatic heterocycles. The van der Waals surface area contributed by atoms with Crippen LogP contribution in [0, 0.1) is 12.7 Å². The van der Waals surface area contributed by atoms with E-state index in [1.165, 1.54) is 12.1 Å². The van der Waals surface area contributed by atoms with E-state index in [0.717, 1.165) is 11.1 Å². The maximum Gasteiger partial charge on any atom is 0.258 e. The monoisotopic (exact) mass is 431 g/mol. The number of carbonyl (C=O) groups excluding carboxylic acids is 1. The van der Waals surface area contributed by atoms with Gasteiger partial charge < -0.3 is 14.4 Å². The maximum absolute atomic E-state index is 13.1. The number of rotatable bonds is 7. The average molecular weight is 432 g/mol. The molecule has 0 spiro atoms. The highest BCUT2D eigenvalue weighted by molar-refractivity contribution is 6.33. The van der Waals surface area contributed by atoms with Gasteiger partial charge in [0.05, 0.1) is 32.0 Å². The summed E-state index contributed by atoms with van der Waals surface area (Å²) >= 11 is 6.49. The number of carbonyl (C=O) groups is 1. The van der Waals surface area contributed by atoms with E-state index >= 15 is 0 Å². The highest BCUT2D eigenvalue weighted by Crippen LogP contribution is 2.27. The molecule has 30 heavy (non-hydrogen) atoms. The molecule has 158 valence electrons. The summed E-state index contributed by atoms with van der Waals surface area (Å²) in [6.07, 6.45) is 0. The highest BCUT2D eigenvalue weighted by Gasteiger charge is 2.24. The van der Waals surface area contributed by atoms with Gasteiger partial charge in [-0.05, 0) is 36.8 Å². The predicted molar refractivity (Wildman–Crippen MR) is 113 cm³/mol. The van der Waals surface area contributed by atoms with E-state index < -0.39 is 0 Å². The summed E-state index contributed by atoms with van der Waals surface area (Å²) in [5.41, 5.74) is 2.53. The van der Waals surface area contributed by atoms with Crippen LogP contribution in [0.5, 0.6) is 11.5 Å². The van der Waals surface area contributed by atoms with E-state index in [1.54, 1.807) is 56.0 Å². The first-order valence-electron chi connectivity index (χ1n) is 9.27. The second-order valence-electron chi connectivity index (χ2n) is 6.87. The van der Waals surface area contributed by atoms with Gasteiger partial charge in [0.25, 0.3) is 5.91 Å². The van der Waals surface area contributed by atoms with Crippen LogP contribution in [0.25, 0.3) is 0 Å². The lowest BCUT2D eigenvalue weighted by Gasteiger charge is -2.19. The van der Waals surface area contributed by atoms with Crippen LogP contribution in [0.3, 0.4) is 0 Å². The van der Waals surface area contributed by atoms with Crippen molar-refractivity contribution < 1.29 is 18.7 Å². The van der Waals surface area contributed by atoms with Crippen molar-refractivity contribution in [1.29, 1.82) is 0 Å². The van der Waals surface area contributed by atoms with Gasteiger partial charge in [-0.2, -0.15) is 5.10 Å². The SMILES string of the molecule is COc1ccc(CN(C)C(=O)c2c(C)nn(Cc3ccc(F)cc3)c2Cl)c(OC)c1. The first kappa shape index (κ1) is 21.6. The van der Waals surface area contributed by atoms with Crippen LogP contribution in [0.4, 0.5) is 4.39 Å². The molecule has 0 saturated carbocycles. The third-order valence-corrected chi connectivity index (χ3v) is 5.16. The molecule has 0 saturated heterocycles. The topological polar surface area (TPSA) is 56.6 Å². The van der Waals surface area contributed by atoms with Crippen molar-refractivity contribution in [2.45, 2.75) is 20.0 Å². The molecule has 0 aliphatic rings. The van der Waals surface area contributed by atoms with E-state index in [-0.39, 0.29) is 16.9 Å². The number of amides is 1. The number of methoxy groups -OCH3 is 2. The molecule has 1 amide bonds. The van der Waals surface area contributed by atoms with Crippen molar-refractivity contribution in [2.75, 3.05) is 21.3 Å². The molecule has 0 fully saturated rings. The van der Waals surface area contributed by atoms with Crippen LogP contribution in [-0.4, -0.2) is 41.9 Å².